The van der Waals surface area contributed by atoms with Gasteiger partial charge in [-0.3, -0.25) is 10.1 Å². The molecular weight excluding hydrogens is 234 g/mol. The maximum Gasteiger partial charge on any atom is 0.305 e. The third-order valence-electron chi connectivity index (χ3n) is 3.31. The summed E-state index contributed by atoms with van der Waals surface area (Å²) in [7, 11) is 4.11. The van der Waals surface area contributed by atoms with Crippen LogP contribution in [0.3, 0.4) is 0 Å². The van der Waals surface area contributed by atoms with Crippen LogP contribution in [0.4, 0.5) is 11.6 Å². The number of nitro groups is 1. The SMILES string of the molecule is CN(C)[C@@H]1CCC[C@H]1Nc1ncc([N+](=O)[O-])cn1. The van der Waals surface area contributed by atoms with E-state index in [2.05, 4.69) is 34.3 Å². The predicted molar refractivity (Wildman–Crippen MR) is 67.4 cm³/mol. The van der Waals surface area contributed by atoms with Crippen molar-refractivity contribution < 1.29 is 4.92 Å². The number of nitrogens with zero attached hydrogens (tertiary/aromatic N) is 4. The second kappa shape index (κ2) is 5.26. The highest BCUT2D eigenvalue weighted by atomic mass is 16.6. The molecule has 18 heavy (non-hydrogen) atoms. The number of nitrogens with one attached hydrogen (secondary N) is 1. The molecule has 1 N–H and O–H groups in total. The Balaban J connectivity index is 2.02. The summed E-state index contributed by atoms with van der Waals surface area (Å²) >= 11 is 0. The first-order valence-electron chi connectivity index (χ1n) is 5.97. The first-order valence-corrected chi connectivity index (χ1v) is 5.97. The Morgan fingerprint density at radius 3 is 2.61 bits per heavy atom. The molecule has 1 heterocycles. The second-order valence-corrected chi connectivity index (χ2v) is 4.73. The van der Waals surface area contributed by atoms with E-state index in [0.29, 0.717) is 18.0 Å². The van der Waals surface area contributed by atoms with Gasteiger partial charge < -0.3 is 10.2 Å². The van der Waals surface area contributed by atoms with Gasteiger partial charge in [0, 0.05) is 12.1 Å². The van der Waals surface area contributed by atoms with Crippen LogP contribution in [0.1, 0.15) is 19.3 Å². The van der Waals surface area contributed by atoms with Crippen LogP contribution >= 0.6 is 0 Å². The molecule has 2 rings (SSSR count). The molecule has 1 fully saturated rings. The van der Waals surface area contributed by atoms with E-state index in [0.717, 1.165) is 12.8 Å². The van der Waals surface area contributed by atoms with E-state index >= 15 is 0 Å². The number of hydrogen-bond acceptors (Lipinski definition) is 6. The molecule has 0 aromatic carbocycles. The van der Waals surface area contributed by atoms with Crippen LogP contribution in [0.25, 0.3) is 0 Å². The molecule has 0 aliphatic heterocycles. The van der Waals surface area contributed by atoms with Crippen molar-refractivity contribution in [2.24, 2.45) is 0 Å². The van der Waals surface area contributed by atoms with Crippen molar-refractivity contribution in [3.63, 3.8) is 0 Å². The van der Waals surface area contributed by atoms with Crippen LogP contribution in [0.15, 0.2) is 12.4 Å². The third kappa shape index (κ3) is 2.73. The lowest BCUT2D eigenvalue weighted by Gasteiger charge is -2.26. The van der Waals surface area contributed by atoms with Gasteiger partial charge in [0.2, 0.25) is 5.95 Å². The van der Waals surface area contributed by atoms with Gasteiger partial charge in [0.1, 0.15) is 12.4 Å². The summed E-state index contributed by atoms with van der Waals surface area (Å²) in [4.78, 5) is 20.1. The van der Waals surface area contributed by atoms with Gasteiger partial charge in [-0.15, -0.1) is 0 Å². The second-order valence-electron chi connectivity index (χ2n) is 4.73. The van der Waals surface area contributed by atoms with Crippen molar-refractivity contribution in [2.45, 2.75) is 31.3 Å². The van der Waals surface area contributed by atoms with E-state index in [-0.39, 0.29) is 5.69 Å². The molecule has 2 atom stereocenters. The number of likely N-dealkylation sites (N-methyl/N-ethyl adjacent to an activating group) is 1. The number of rotatable bonds is 4. The Bertz CT molecular complexity index is 420. The van der Waals surface area contributed by atoms with Gasteiger partial charge >= 0.3 is 5.69 Å². The molecule has 0 saturated heterocycles. The topological polar surface area (TPSA) is 84.2 Å². The summed E-state index contributed by atoms with van der Waals surface area (Å²) in [6.45, 7) is 0. The molecule has 1 aromatic heterocycles. The lowest BCUT2D eigenvalue weighted by Crippen LogP contribution is -2.39. The van der Waals surface area contributed by atoms with Crippen LogP contribution in [0, 0.1) is 10.1 Å². The maximum absolute atomic E-state index is 10.5. The Labute approximate surface area is 105 Å². The van der Waals surface area contributed by atoms with E-state index in [1.807, 2.05) is 0 Å². The van der Waals surface area contributed by atoms with E-state index < -0.39 is 4.92 Å². The van der Waals surface area contributed by atoms with Gasteiger partial charge in [-0.25, -0.2) is 9.97 Å². The minimum Gasteiger partial charge on any atom is -0.350 e. The molecule has 1 aliphatic rings. The molecule has 7 heteroatoms. The molecule has 1 aliphatic carbocycles. The summed E-state index contributed by atoms with van der Waals surface area (Å²) in [6, 6.07) is 0.769. The molecule has 1 aromatic rings. The normalized spacial score (nSPS) is 23.3. The zero-order valence-corrected chi connectivity index (χ0v) is 10.5. The first-order chi connectivity index (χ1) is 8.58. The van der Waals surface area contributed by atoms with E-state index in [4.69, 9.17) is 0 Å². The first kappa shape index (κ1) is 12.7. The number of aromatic nitrogens is 2. The molecule has 98 valence electrons. The Morgan fingerprint density at radius 2 is 2.06 bits per heavy atom. The molecule has 0 amide bonds. The minimum atomic E-state index is -0.498. The highest BCUT2D eigenvalue weighted by Crippen LogP contribution is 2.25. The summed E-state index contributed by atoms with van der Waals surface area (Å²) in [5.41, 5.74) is -0.0869. The fourth-order valence-corrected chi connectivity index (χ4v) is 2.38. The third-order valence-corrected chi connectivity index (χ3v) is 3.31. The zero-order valence-electron chi connectivity index (χ0n) is 10.5. The van der Waals surface area contributed by atoms with Crippen LogP contribution in [-0.2, 0) is 0 Å². The van der Waals surface area contributed by atoms with Crippen molar-refractivity contribution in [3.8, 4) is 0 Å². The summed E-state index contributed by atoms with van der Waals surface area (Å²) in [5.74, 6) is 0.458. The fraction of sp³-hybridized carbons (Fsp3) is 0.636. The molecule has 7 nitrogen and oxygen atoms in total. The van der Waals surface area contributed by atoms with Crippen molar-refractivity contribution >= 4 is 11.6 Å². The average Bonchev–Trinajstić information content (AvgIpc) is 2.78. The molecular formula is C11H17N5O2. The smallest absolute Gasteiger partial charge is 0.305 e. The quantitative estimate of drug-likeness (QED) is 0.641. The van der Waals surface area contributed by atoms with E-state index in [9.17, 15) is 10.1 Å². The largest absolute Gasteiger partial charge is 0.350 e. The molecule has 1 saturated carbocycles. The highest BCUT2D eigenvalue weighted by molar-refractivity contribution is 5.32. The van der Waals surface area contributed by atoms with Crippen molar-refractivity contribution in [3.05, 3.63) is 22.5 Å². The standard InChI is InChI=1S/C11H17N5O2/c1-15(2)10-5-3-4-9(10)14-11-12-6-8(7-13-11)16(17)18/h6-7,9-10H,3-5H2,1-2H3,(H,12,13,14)/t9-,10-/m1/s1. The van der Waals surface area contributed by atoms with Gasteiger partial charge in [-0.2, -0.15) is 0 Å². The van der Waals surface area contributed by atoms with Crippen LogP contribution in [0.5, 0.6) is 0 Å². The van der Waals surface area contributed by atoms with E-state index in [1.54, 1.807) is 0 Å². The fourth-order valence-electron chi connectivity index (χ4n) is 2.38. The lowest BCUT2D eigenvalue weighted by atomic mass is 10.1. The average molecular weight is 251 g/mol. The van der Waals surface area contributed by atoms with Crippen LogP contribution in [0.2, 0.25) is 0 Å². The van der Waals surface area contributed by atoms with E-state index in [1.165, 1.54) is 18.8 Å². The highest BCUT2D eigenvalue weighted by Gasteiger charge is 2.29. The lowest BCUT2D eigenvalue weighted by molar-refractivity contribution is -0.385. The minimum absolute atomic E-state index is 0.0869. The van der Waals surface area contributed by atoms with Crippen molar-refractivity contribution in [1.29, 1.82) is 0 Å². The Kier molecular flexibility index (Phi) is 3.71. The molecule has 0 spiro atoms. The van der Waals surface area contributed by atoms with Crippen molar-refractivity contribution in [2.75, 3.05) is 19.4 Å². The van der Waals surface area contributed by atoms with Crippen LogP contribution in [-0.4, -0.2) is 46.0 Å². The Morgan fingerprint density at radius 1 is 1.39 bits per heavy atom. The van der Waals surface area contributed by atoms with Gasteiger partial charge in [0.05, 0.1) is 4.92 Å². The van der Waals surface area contributed by atoms with Gasteiger partial charge in [0.25, 0.3) is 0 Å². The Hall–Kier alpha value is -1.76. The predicted octanol–water partition coefficient (Wildman–Crippen LogP) is 1.28. The molecule has 0 unspecified atom stereocenters. The summed E-state index contributed by atoms with van der Waals surface area (Å²) in [6.07, 6.45) is 5.86. The van der Waals surface area contributed by atoms with Gasteiger partial charge in [-0.1, -0.05) is 0 Å². The van der Waals surface area contributed by atoms with Crippen LogP contribution < -0.4 is 5.32 Å². The summed E-state index contributed by atoms with van der Waals surface area (Å²) in [5, 5.41) is 13.7. The van der Waals surface area contributed by atoms with Gasteiger partial charge in [0.15, 0.2) is 0 Å². The monoisotopic (exact) mass is 251 g/mol. The molecule has 0 bridgehead atoms. The number of hydrogen-bond donors (Lipinski definition) is 1. The number of anilines is 1. The summed E-state index contributed by atoms with van der Waals surface area (Å²) < 4.78 is 0. The zero-order chi connectivity index (χ0) is 13.1. The van der Waals surface area contributed by atoms with Crippen molar-refractivity contribution in [1.82, 2.24) is 14.9 Å². The maximum atomic E-state index is 10.5. The van der Waals surface area contributed by atoms with Gasteiger partial charge in [-0.05, 0) is 33.4 Å². The molecule has 0 radical (unpaired) electrons.